The molecule has 3 rings (SSSR count). The molecule has 0 radical (unpaired) electrons. The van der Waals surface area contributed by atoms with Crippen LogP contribution in [0.4, 0.5) is 0 Å². The van der Waals surface area contributed by atoms with Gasteiger partial charge in [0, 0.05) is 44.5 Å². The lowest BCUT2D eigenvalue weighted by Gasteiger charge is -2.32. The lowest BCUT2D eigenvalue weighted by atomic mass is 9.89. The molecule has 152 valence electrons. The summed E-state index contributed by atoms with van der Waals surface area (Å²) in [6, 6.07) is 8.73. The van der Waals surface area contributed by atoms with Crippen LogP contribution >= 0.6 is 11.3 Å². The maximum Gasteiger partial charge on any atom is 0.191 e. The first-order valence-corrected chi connectivity index (χ1v) is 11.1. The Kier molecular flexibility index (Phi) is 7.86. The van der Waals surface area contributed by atoms with Crippen LogP contribution in [0.25, 0.3) is 0 Å². The number of thiazole rings is 1. The first-order chi connectivity index (χ1) is 13.7. The van der Waals surface area contributed by atoms with Crippen molar-refractivity contribution in [2.75, 3.05) is 26.7 Å². The van der Waals surface area contributed by atoms with Crippen molar-refractivity contribution in [2.45, 2.75) is 45.6 Å². The Labute approximate surface area is 172 Å². The van der Waals surface area contributed by atoms with Gasteiger partial charge in [0.1, 0.15) is 0 Å². The standard InChI is InChI=1S/C22H32N4OS/c1-4-20-26-19(15-28-20)11-12-24-22(23-3)25-14-18-6-5-13-27-21(18)17-9-7-16(2)8-10-17/h7-10,15,18,21H,4-6,11-14H2,1-3H3,(H2,23,24,25). The van der Waals surface area contributed by atoms with Gasteiger partial charge in [0.05, 0.1) is 16.8 Å². The minimum Gasteiger partial charge on any atom is -0.373 e. The Hall–Kier alpha value is -1.92. The molecule has 0 spiro atoms. The van der Waals surface area contributed by atoms with Crippen LogP contribution in [0.1, 0.15) is 47.7 Å². The maximum atomic E-state index is 6.13. The summed E-state index contributed by atoms with van der Waals surface area (Å²) in [5.41, 5.74) is 3.71. The number of guanidine groups is 1. The van der Waals surface area contributed by atoms with E-state index in [9.17, 15) is 0 Å². The fraction of sp³-hybridized carbons (Fsp3) is 0.545. The second-order valence-electron chi connectivity index (χ2n) is 7.32. The molecular formula is C22H32N4OS. The summed E-state index contributed by atoms with van der Waals surface area (Å²) in [5, 5.41) is 10.3. The van der Waals surface area contributed by atoms with Gasteiger partial charge in [0.2, 0.25) is 0 Å². The van der Waals surface area contributed by atoms with Crippen LogP contribution in [0, 0.1) is 12.8 Å². The van der Waals surface area contributed by atoms with Gasteiger partial charge < -0.3 is 15.4 Å². The zero-order valence-electron chi connectivity index (χ0n) is 17.2. The molecule has 0 aliphatic carbocycles. The Balaban J connectivity index is 1.49. The molecule has 1 aromatic heterocycles. The summed E-state index contributed by atoms with van der Waals surface area (Å²) < 4.78 is 6.13. The molecule has 1 fully saturated rings. The van der Waals surface area contributed by atoms with Crippen molar-refractivity contribution in [1.29, 1.82) is 0 Å². The number of ether oxygens (including phenoxy) is 1. The highest BCUT2D eigenvalue weighted by atomic mass is 32.1. The summed E-state index contributed by atoms with van der Waals surface area (Å²) in [6.07, 6.45) is 4.36. The topological polar surface area (TPSA) is 58.5 Å². The summed E-state index contributed by atoms with van der Waals surface area (Å²) in [5.74, 6) is 1.29. The molecule has 1 aliphatic rings. The number of aromatic nitrogens is 1. The van der Waals surface area contributed by atoms with Gasteiger partial charge in [-0.2, -0.15) is 0 Å². The first-order valence-electron chi connectivity index (χ1n) is 10.3. The molecule has 0 saturated carbocycles. The molecule has 0 amide bonds. The SMILES string of the molecule is CCc1nc(CCNC(=NC)NCC2CCCOC2c2ccc(C)cc2)cs1. The van der Waals surface area contributed by atoms with Gasteiger partial charge in [-0.3, -0.25) is 4.99 Å². The first kappa shape index (κ1) is 20.8. The second-order valence-corrected chi connectivity index (χ2v) is 8.26. The molecule has 1 aliphatic heterocycles. The predicted molar refractivity (Wildman–Crippen MR) is 117 cm³/mol. The summed E-state index contributed by atoms with van der Waals surface area (Å²) in [4.78, 5) is 8.99. The molecular weight excluding hydrogens is 368 g/mol. The fourth-order valence-corrected chi connectivity index (χ4v) is 4.34. The van der Waals surface area contributed by atoms with Crippen LogP contribution in [0.2, 0.25) is 0 Å². The largest absolute Gasteiger partial charge is 0.373 e. The molecule has 2 unspecified atom stereocenters. The minimum atomic E-state index is 0.155. The fourth-order valence-electron chi connectivity index (χ4n) is 3.56. The van der Waals surface area contributed by atoms with E-state index >= 15 is 0 Å². The van der Waals surface area contributed by atoms with Crippen molar-refractivity contribution in [3.05, 3.63) is 51.5 Å². The molecule has 2 aromatic rings. The van der Waals surface area contributed by atoms with Crippen LogP contribution in [0.15, 0.2) is 34.6 Å². The van der Waals surface area contributed by atoms with E-state index in [4.69, 9.17) is 4.74 Å². The van der Waals surface area contributed by atoms with E-state index in [0.717, 1.165) is 50.6 Å². The molecule has 28 heavy (non-hydrogen) atoms. The van der Waals surface area contributed by atoms with Gasteiger partial charge >= 0.3 is 0 Å². The normalized spacial score (nSPS) is 20.2. The molecule has 5 nitrogen and oxygen atoms in total. The molecule has 1 saturated heterocycles. The Morgan fingerprint density at radius 2 is 2.11 bits per heavy atom. The van der Waals surface area contributed by atoms with Gasteiger partial charge in [-0.15, -0.1) is 11.3 Å². The highest BCUT2D eigenvalue weighted by Crippen LogP contribution is 2.33. The molecule has 6 heteroatoms. The van der Waals surface area contributed by atoms with E-state index < -0.39 is 0 Å². The monoisotopic (exact) mass is 400 g/mol. The number of aryl methyl sites for hydroxylation is 2. The molecule has 2 heterocycles. The van der Waals surface area contributed by atoms with E-state index in [1.54, 1.807) is 11.3 Å². The Morgan fingerprint density at radius 3 is 2.82 bits per heavy atom. The summed E-state index contributed by atoms with van der Waals surface area (Å²) in [6.45, 7) is 6.79. The minimum absolute atomic E-state index is 0.155. The van der Waals surface area contributed by atoms with Crippen molar-refractivity contribution in [2.24, 2.45) is 10.9 Å². The average molecular weight is 401 g/mol. The smallest absolute Gasteiger partial charge is 0.191 e. The van der Waals surface area contributed by atoms with E-state index in [0.29, 0.717) is 5.92 Å². The number of hydrogen-bond acceptors (Lipinski definition) is 4. The number of aliphatic imine (C=N–C) groups is 1. The zero-order chi connectivity index (χ0) is 19.8. The van der Waals surface area contributed by atoms with Crippen molar-refractivity contribution in [3.63, 3.8) is 0 Å². The predicted octanol–water partition coefficient (Wildman–Crippen LogP) is 3.89. The van der Waals surface area contributed by atoms with E-state index in [1.807, 2.05) is 7.05 Å². The Morgan fingerprint density at radius 1 is 1.29 bits per heavy atom. The third-order valence-corrected chi connectivity index (χ3v) is 6.22. The maximum absolute atomic E-state index is 6.13. The van der Waals surface area contributed by atoms with Crippen molar-refractivity contribution in [3.8, 4) is 0 Å². The van der Waals surface area contributed by atoms with E-state index in [1.165, 1.54) is 22.6 Å². The number of nitrogens with one attached hydrogen (secondary N) is 2. The number of hydrogen-bond donors (Lipinski definition) is 2. The van der Waals surface area contributed by atoms with Crippen LogP contribution in [0.5, 0.6) is 0 Å². The van der Waals surface area contributed by atoms with Gasteiger partial charge in [0.15, 0.2) is 5.96 Å². The van der Waals surface area contributed by atoms with Gasteiger partial charge in [0.25, 0.3) is 0 Å². The average Bonchev–Trinajstić information content (AvgIpc) is 3.19. The second kappa shape index (κ2) is 10.6. The molecule has 0 bridgehead atoms. The van der Waals surface area contributed by atoms with Crippen molar-refractivity contribution >= 4 is 17.3 Å². The third-order valence-electron chi connectivity index (χ3n) is 5.18. The van der Waals surface area contributed by atoms with Crippen molar-refractivity contribution < 1.29 is 4.74 Å². The van der Waals surface area contributed by atoms with Gasteiger partial charge in [-0.05, 0) is 31.7 Å². The number of rotatable bonds is 7. The highest BCUT2D eigenvalue weighted by molar-refractivity contribution is 7.09. The van der Waals surface area contributed by atoms with Gasteiger partial charge in [-0.1, -0.05) is 36.8 Å². The molecule has 2 N–H and O–H groups in total. The summed E-state index contributed by atoms with van der Waals surface area (Å²) >= 11 is 1.74. The van der Waals surface area contributed by atoms with Crippen molar-refractivity contribution in [1.82, 2.24) is 15.6 Å². The highest BCUT2D eigenvalue weighted by Gasteiger charge is 2.27. The number of nitrogens with zero attached hydrogens (tertiary/aromatic N) is 2. The molecule has 2 atom stereocenters. The zero-order valence-corrected chi connectivity index (χ0v) is 18.0. The van der Waals surface area contributed by atoms with Crippen LogP contribution in [-0.2, 0) is 17.6 Å². The quantitative estimate of drug-likeness (QED) is 0.547. The molecule has 1 aromatic carbocycles. The summed E-state index contributed by atoms with van der Waals surface area (Å²) in [7, 11) is 1.82. The lowest BCUT2D eigenvalue weighted by Crippen LogP contribution is -2.42. The van der Waals surface area contributed by atoms with Crippen LogP contribution in [-0.4, -0.2) is 37.7 Å². The number of benzene rings is 1. The van der Waals surface area contributed by atoms with E-state index in [2.05, 4.69) is 64.1 Å². The third kappa shape index (κ3) is 5.79. The van der Waals surface area contributed by atoms with Crippen LogP contribution in [0.3, 0.4) is 0 Å². The Bertz CT molecular complexity index is 756. The van der Waals surface area contributed by atoms with E-state index in [-0.39, 0.29) is 6.10 Å². The van der Waals surface area contributed by atoms with Gasteiger partial charge in [-0.25, -0.2) is 4.98 Å². The lowest BCUT2D eigenvalue weighted by molar-refractivity contribution is -0.0265. The van der Waals surface area contributed by atoms with Crippen LogP contribution < -0.4 is 10.6 Å².